The van der Waals surface area contributed by atoms with Gasteiger partial charge in [-0.2, -0.15) is 5.26 Å². The number of fused-ring (bicyclic) bond motifs is 1. The van der Waals surface area contributed by atoms with Gasteiger partial charge in [0.15, 0.2) is 11.5 Å². The number of benzene rings is 1. The van der Waals surface area contributed by atoms with Crippen molar-refractivity contribution in [1.29, 1.82) is 5.26 Å². The molecule has 1 aliphatic heterocycles. The van der Waals surface area contributed by atoms with Gasteiger partial charge in [0, 0.05) is 19.2 Å². The lowest BCUT2D eigenvalue weighted by Gasteiger charge is -2.25. The maximum atomic E-state index is 9.48. The minimum absolute atomic E-state index is 0.397. The van der Waals surface area contributed by atoms with Crippen LogP contribution in [-0.2, 0) is 9.47 Å². The fourth-order valence-corrected chi connectivity index (χ4v) is 2.42. The Morgan fingerprint density at radius 2 is 1.46 bits per heavy atom. The molecule has 2 rings (SSSR count). The zero-order chi connectivity index (χ0) is 17.4. The minimum Gasteiger partial charge on any atom is -0.487 e. The molecule has 0 fully saturated rings. The van der Waals surface area contributed by atoms with Crippen molar-refractivity contribution in [3.63, 3.8) is 0 Å². The predicted molar refractivity (Wildman–Crippen MR) is 90.7 cm³/mol. The Balaban J connectivity index is 2.27. The van der Waals surface area contributed by atoms with Gasteiger partial charge in [-0.15, -0.1) is 0 Å². The predicted octanol–water partition coefficient (Wildman–Crippen LogP) is 1.32. The Bertz CT molecular complexity index is 572. The van der Waals surface area contributed by atoms with Crippen LogP contribution in [-0.4, -0.2) is 72.4 Å². The number of anilines is 1. The fourth-order valence-electron chi connectivity index (χ4n) is 2.42. The lowest BCUT2D eigenvalue weighted by molar-refractivity contribution is 0.0223. The van der Waals surface area contributed by atoms with Gasteiger partial charge < -0.3 is 23.8 Å². The molecule has 24 heavy (non-hydrogen) atoms. The second kappa shape index (κ2) is 9.33. The first-order chi connectivity index (χ1) is 11.6. The summed E-state index contributed by atoms with van der Waals surface area (Å²) in [5, 5.41) is 9.48. The molecule has 0 saturated carbocycles. The van der Waals surface area contributed by atoms with Crippen molar-refractivity contribution in [2.45, 2.75) is 0 Å². The highest BCUT2D eigenvalue weighted by molar-refractivity contribution is 5.66. The van der Waals surface area contributed by atoms with Gasteiger partial charge in [-0.1, -0.05) is 0 Å². The topological polar surface area (TPSA) is 67.2 Å². The largest absolute Gasteiger partial charge is 0.487 e. The quantitative estimate of drug-likeness (QED) is 0.772. The second-order valence-electron chi connectivity index (χ2n) is 5.77. The molecule has 1 aliphatic rings. The summed E-state index contributed by atoms with van der Waals surface area (Å²) in [6.07, 6.45) is 0. The third kappa shape index (κ3) is 5.27. The summed E-state index contributed by atoms with van der Waals surface area (Å²) in [6.45, 7) is 3.52. The Labute approximate surface area is 143 Å². The minimum atomic E-state index is 0.397. The van der Waals surface area contributed by atoms with Gasteiger partial charge in [0.2, 0.25) is 0 Å². The van der Waals surface area contributed by atoms with Crippen LogP contribution in [0.25, 0.3) is 0 Å². The molecule has 0 unspecified atom stereocenters. The monoisotopic (exact) mass is 335 g/mol. The molecule has 7 nitrogen and oxygen atoms in total. The third-order valence-corrected chi connectivity index (χ3v) is 3.43. The molecular formula is C17H25N3O4. The summed E-state index contributed by atoms with van der Waals surface area (Å²) in [5.41, 5.74) is 1.35. The Morgan fingerprint density at radius 1 is 0.917 bits per heavy atom. The van der Waals surface area contributed by atoms with E-state index >= 15 is 0 Å². The normalized spacial score (nSPS) is 16.0. The Morgan fingerprint density at radius 3 is 2.00 bits per heavy atom. The van der Waals surface area contributed by atoms with Crippen molar-refractivity contribution in [2.75, 3.05) is 72.4 Å². The molecule has 0 radical (unpaired) electrons. The van der Waals surface area contributed by atoms with Crippen LogP contribution in [0.5, 0.6) is 11.5 Å². The zero-order valence-electron chi connectivity index (χ0n) is 14.6. The molecule has 0 aromatic heterocycles. The van der Waals surface area contributed by atoms with Crippen LogP contribution in [0.15, 0.2) is 12.1 Å². The van der Waals surface area contributed by atoms with Crippen molar-refractivity contribution in [2.24, 2.45) is 0 Å². The van der Waals surface area contributed by atoms with E-state index < -0.39 is 0 Å². The first-order valence-corrected chi connectivity index (χ1v) is 7.97. The van der Waals surface area contributed by atoms with Crippen LogP contribution in [0, 0.1) is 11.3 Å². The molecule has 0 saturated heterocycles. The van der Waals surface area contributed by atoms with Crippen LogP contribution in [0.1, 0.15) is 5.56 Å². The second-order valence-corrected chi connectivity index (χ2v) is 5.77. The van der Waals surface area contributed by atoms with Crippen molar-refractivity contribution in [3.05, 3.63) is 17.7 Å². The molecule has 132 valence electrons. The van der Waals surface area contributed by atoms with E-state index in [9.17, 15) is 5.26 Å². The highest BCUT2D eigenvalue weighted by atomic mass is 16.6. The average molecular weight is 335 g/mol. The van der Waals surface area contributed by atoms with E-state index in [1.165, 1.54) is 0 Å². The van der Waals surface area contributed by atoms with E-state index in [-0.39, 0.29) is 0 Å². The van der Waals surface area contributed by atoms with Crippen LogP contribution in [0.3, 0.4) is 0 Å². The molecule has 0 bridgehead atoms. The Kier molecular flexibility index (Phi) is 7.12. The van der Waals surface area contributed by atoms with Crippen LogP contribution >= 0.6 is 0 Å². The zero-order valence-corrected chi connectivity index (χ0v) is 14.6. The molecule has 1 aromatic rings. The van der Waals surface area contributed by atoms with Gasteiger partial charge in [-0.05, 0) is 14.1 Å². The summed E-state index contributed by atoms with van der Waals surface area (Å²) < 4.78 is 22.4. The maximum Gasteiger partial charge on any atom is 0.163 e. The van der Waals surface area contributed by atoms with E-state index in [1.807, 2.05) is 37.0 Å². The van der Waals surface area contributed by atoms with Crippen LogP contribution < -0.4 is 14.4 Å². The number of ether oxygens (including phenoxy) is 4. The molecule has 7 heteroatoms. The van der Waals surface area contributed by atoms with Gasteiger partial charge in [0.25, 0.3) is 0 Å². The van der Waals surface area contributed by atoms with Gasteiger partial charge >= 0.3 is 0 Å². The number of hydrogen-bond donors (Lipinski definition) is 0. The molecule has 0 N–H and O–H groups in total. The average Bonchev–Trinajstić information content (AvgIpc) is 2.54. The van der Waals surface area contributed by atoms with Crippen molar-refractivity contribution < 1.29 is 18.9 Å². The lowest BCUT2D eigenvalue weighted by Crippen LogP contribution is -2.30. The molecule has 0 aliphatic carbocycles. The van der Waals surface area contributed by atoms with Crippen molar-refractivity contribution >= 4 is 5.69 Å². The molecule has 0 spiro atoms. The summed E-state index contributed by atoms with van der Waals surface area (Å²) in [7, 11) is 5.90. The van der Waals surface area contributed by atoms with E-state index in [2.05, 4.69) is 6.07 Å². The van der Waals surface area contributed by atoms with E-state index in [1.54, 1.807) is 6.07 Å². The number of rotatable bonds is 3. The Hall–Kier alpha value is -2.01. The van der Waals surface area contributed by atoms with Gasteiger partial charge in [0.1, 0.15) is 19.3 Å². The summed E-state index contributed by atoms with van der Waals surface area (Å²) >= 11 is 0. The lowest BCUT2D eigenvalue weighted by atomic mass is 10.1. The van der Waals surface area contributed by atoms with Gasteiger partial charge in [-0.3, -0.25) is 4.90 Å². The number of nitriles is 1. The summed E-state index contributed by atoms with van der Waals surface area (Å²) in [5.74, 6) is 1.16. The fraction of sp³-hybridized carbons (Fsp3) is 0.588. The maximum absolute atomic E-state index is 9.48. The van der Waals surface area contributed by atoms with E-state index in [0.717, 1.165) is 5.69 Å². The van der Waals surface area contributed by atoms with E-state index in [0.29, 0.717) is 63.4 Å². The first-order valence-electron chi connectivity index (χ1n) is 7.97. The molecule has 1 aromatic carbocycles. The van der Waals surface area contributed by atoms with Crippen molar-refractivity contribution in [3.8, 4) is 17.6 Å². The molecule has 1 heterocycles. The first kappa shape index (κ1) is 18.3. The SMILES string of the molecule is CN(C)CN(C)c1cc2c(cc1C#N)OCCOCCOCCO2. The standard InChI is InChI=1S/C17H25N3O4/c1-19(2)13-20(3)15-11-17-16(10-14(15)12-18)23-8-6-21-4-5-22-7-9-24-17/h10-11H,4-9,13H2,1-3H3. The molecule has 0 amide bonds. The van der Waals surface area contributed by atoms with Gasteiger partial charge in [0.05, 0.1) is 44.3 Å². The van der Waals surface area contributed by atoms with Crippen LogP contribution in [0.4, 0.5) is 5.69 Å². The van der Waals surface area contributed by atoms with Gasteiger partial charge in [-0.25, -0.2) is 0 Å². The van der Waals surface area contributed by atoms with Crippen molar-refractivity contribution in [1.82, 2.24) is 4.90 Å². The molecular weight excluding hydrogens is 310 g/mol. The smallest absolute Gasteiger partial charge is 0.163 e. The van der Waals surface area contributed by atoms with Crippen LogP contribution in [0.2, 0.25) is 0 Å². The third-order valence-electron chi connectivity index (χ3n) is 3.43. The highest BCUT2D eigenvalue weighted by Gasteiger charge is 2.16. The summed E-state index contributed by atoms with van der Waals surface area (Å²) in [4.78, 5) is 4.03. The number of nitrogens with zero attached hydrogens (tertiary/aromatic N) is 3. The number of hydrogen-bond acceptors (Lipinski definition) is 7. The summed E-state index contributed by atoms with van der Waals surface area (Å²) in [6, 6.07) is 5.81. The van der Waals surface area contributed by atoms with E-state index in [4.69, 9.17) is 18.9 Å². The highest BCUT2D eigenvalue weighted by Crippen LogP contribution is 2.35. The molecule has 0 atom stereocenters.